The second kappa shape index (κ2) is 5.44. The Labute approximate surface area is 123 Å². The molecule has 1 amide bonds. The maximum atomic E-state index is 12.0. The summed E-state index contributed by atoms with van der Waals surface area (Å²) >= 11 is 0. The lowest BCUT2D eigenvalue weighted by Crippen LogP contribution is -2.36. The number of carbonyl (C=O) groups excluding carboxylic acids is 1. The number of nitrogens with one attached hydrogen (secondary N) is 1. The lowest BCUT2D eigenvalue weighted by Gasteiger charge is -2.33. The van der Waals surface area contributed by atoms with Gasteiger partial charge in [-0.25, -0.2) is 0 Å². The van der Waals surface area contributed by atoms with Crippen molar-refractivity contribution in [1.82, 2.24) is 10.2 Å². The lowest BCUT2D eigenvalue weighted by molar-refractivity contribution is -0.385. The van der Waals surface area contributed by atoms with Crippen LogP contribution in [0, 0.1) is 23.0 Å². The number of nitrogens with zero attached hydrogens (tertiary/aromatic N) is 2. The highest BCUT2D eigenvalue weighted by Gasteiger charge is 2.35. The van der Waals surface area contributed by atoms with Crippen LogP contribution in [0.15, 0.2) is 18.2 Å². The summed E-state index contributed by atoms with van der Waals surface area (Å²) in [7, 11) is 0. The summed E-state index contributed by atoms with van der Waals surface area (Å²) in [5.41, 5.74) is 1.54. The topological polar surface area (TPSA) is 75.5 Å². The summed E-state index contributed by atoms with van der Waals surface area (Å²) in [4.78, 5) is 24.6. The van der Waals surface area contributed by atoms with E-state index >= 15 is 0 Å². The van der Waals surface area contributed by atoms with Crippen LogP contribution in [0.4, 0.5) is 5.69 Å². The van der Waals surface area contributed by atoms with Crippen molar-refractivity contribution in [2.24, 2.45) is 5.92 Å². The minimum Gasteiger partial charge on any atom is -0.322 e. The third-order valence-electron chi connectivity index (χ3n) is 4.50. The molecule has 1 heterocycles. The van der Waals surface area contributed by atoms with Gasteiger partial charge in [0.1, 0.15) is 6.17 Å². The predicted octanol–water partition coefficient (Wildman–Crippen LogP) is 2.13. The van der Waals surface area contributed by atoms with E-state index in [1.54, 1.807) is 19.1 Å². The van der Waals surface area contributed by atoms with E-state index in [2.05, 4.69) is 5.32 Å². The maximum Gasteiger partial charge on any atom is 0.272 e. The zero-order valence-electron chi connectivity index (χ0n) is 12.0. The molecular weight excluding hydrogens is 270 g/mol. The molecule has 1 unspecified atom stereocenters. The SMILES string of the molecule is Cc1ccc(C2NCC(=O)N2CC2CCC2)cc1[N+](=O)[O-]. The van der Waals surface area contributed by atoms with E-state index in [4.69, 9.17) is 0 Å². The average Bonchev–Trinajstić information content (AvgIpc) is 2.75. The summed E-state index contributed by atoms with van der Waals surface area (Å²) in [5, 5.41) is 14.2. The first-order valence-electron chi connectivity index (χ1n) is 7.34. The standard InChI is InChI=1S/C15H19N3O3/c1-10-5-6-12(7-13(10)18(20)21)15-16-8-14(19)17(15)9-11-3-2-4-11/h5-7,11,15-16H,2-4,8-9H2,1H3. The quantitative estimate of drug-likeness (QED) is 0.680. The van der Waals surface area contributed by atoms with Crippen LogP contribution in [0.25, 0.3) is 0 Å². The molecular formula is C15H19N3O3. The highest BCUT2D eigenvalue weighted by Crippen LogP contribution is 2.32. The Kier molecular flexibility index (Phi) is 3.63. The first-order chi connectivity index (χ1) is 10.1. The van der Waals surface area contributed by atoms with Crippen LogP contribution >= 0.6 is 0 Å². The molecule has 21 heavy (non-hydrogen) atoms. The molecule has 0 radical (unpaired) electrons. The minimum atomic E-state index is -0.369. The molecule has 1 atom stereocenters. The molecule has 0 aromatic heterocycles. The van der Waals surface area contributed by atoms with Crippen molar-refractivity contribution in [3.8, 4) is 0 Å². The summed E-state index contributed by atoms with van der Waals surface area (Å²) in [5.74, 6) is 0.659. The summed E-state index contributed by atoms with van der Waals surface area (Å²) in [6, 6.07) is 5.20. The number of aryl methyl sites for hydroxylation is 1. The van der Waals surface area contributed by atoms with E-state index in [1.807, 2.05) is 11.0 Å². The molecule has 1 aromatic rings. The maximum absolute atomic E-state index is 12.0. The fraction of sp³-hybridized carbons (Fsp3) is 0.533. The number of rotatable bonds is 4. The Morgan fingerprint density at radius 2 is 2.19 bits per heavy atom. The van der Waals surface area contributed by atoms with Crippen LogP contribution in [0.2, 0.25) is 0 Å². The molecule has 1 aromatic carbocycles. The largest absolute Gasteiger partial charge is 0.322 e. The van der Waals surface area contributed by atoms with Gasteiger partial charge < -0.3 is 4.90 Å². The van der Waals surface area contributed by atoms with Crippen LogP contribution < -0.4 is 5.32 Å². The Morgan fingerprint density at radius 3 is 2.81 bits per heavy atom. The Hall–Kier alpha value is -1.95. The summed E-state index contributed by atoms with van der Waals surface area (Å²) < 4.78 is 0. The van der Waals surface area contributed by atoms with Gasteiger partial charge in [0.2, 0.25) is 5.91 Å². The van der Waals surface area contributed by atoms with E-state index in [1.165, 1.54) is 19.3 Å². The van der Waals surface area contributed by atoms with E-state index in [0.717, 1.165) is 12.1 Å². The molecule has 1 aliphatic heterocycles. The molecule has 6 nitrogen and oxygen atoms in total. The van der Waals surface area contributed by atoms with Crippen molar-refractivity contribution in [3.63, 3.8) is 0 Å². The number of nitro groups is 1. The number of benzene rings is 1. The van der Waals surface area contributed by atoms with E-state index in [0.29, 0.717) is 18.0 Å². The van der Waals surface area contributed by atoms with Gasteiger partial charge in [-0.1, -0.05) is 18.6 Å². The van der Waals surface area contributed by atoms with Crippen LogP contribution in [0.3, 0.4) is 0 Å². The third kappa shape index (κ3) is 2.63. The molecule has 1 saturated heterocycles. The highest BCUT2D eigenvalue weighted by molar-refractivity contribution is 5.81. The normalized spacial score (nSPS) is 22.4. The number of hydrogen-bond acceptors (Lipinski definition) is 4. The summed E-state index contributed by atoms with van der Waals surface area (Å²) in [6.45, 7) is 2.78. The van der Waals surface area contributed by atoms with Crippen molar-refractivity contribution in [1.29, 1.82) is 0 Å². The van der Waals surface area contributed by atoms with Crippen molar-refractivity contribution in [2.75, 3.05) is 13.1 Å². The van der Waals surface area contributed by atoms with Gasteiger partial charge in [0.05, 0.1) is 11.5 Å². The fourth-order valence-electron chi connectivity index (χ4n) is 2.99. The molecule has 2 aliphatic rings. The Bertz CT molecular complexity index is 584. The number of nitro benzene ring substituents is 1. The molecule has 0 spiro atoms. The summed E-state index contributed by atoms with van der Waals surface area (Å²) in [6.07, 6.45) is 3.34. The average molecular weight is 289 g/mol. The number of amides is 1. The van der Waals surface area contributed by atoms with Crippen molar-refractivity contribution >= 4 is 11.6 Å². The lowest BCUT2D eigenvalue weighted by atomic mass is 9.85. The first-order valence-corrected chi connectivity index (χ1v) is 7.34. The highest BCUT2D eigenvalue weighted by atomic mass is 16.6. The number of hydrogen-bond donors (Lipinski definition) is 1. The van der Waals surface area contributed by atoms with E-state index in [9.17, 15) is 14.9 Å². The number of carbonyl (C=O) groups is 1. The molecule has 3 rings (SSSR count). The van der Waals surface area contributed by atoms with Gasteiger partial charge in [0.15, 0.2) is 0 Å². The second-order valence-electron chi connectivity index (χ2n) is 5.93. The molecule has 1 saturated carbocycles. The molecule has 0 bridgehead atoms. The smallest absolute Gasteiger partial charge is 0.272 e. The second-order valence-corrected chi connectivity index (χ2v) is 5.93. The Morgan fingerprint density at radius 1 is 1.43 bits per heavy atom. The zero-order valence-corrected chi connectivity index (χ0v) is 12.0. The molecule has 1 N–H and O–H groups in total. The molecule has 6 heteroatoms. The van der Waals surface area contributed by atoms with E-state index < -0.39 is 0 Å². The van der Waals surface area contributed by atoms with Gasteiger partial charge in [-0.3, -0.25) is 20.2 Å². The van der Waals surface area contributed by atoms with Crippen molar-refractivity contribution < 1.29 is 9.72 Å². The van der Waals surface area contributed by atoms with Gasteiger partial charge in [0, 0.05) is 18.2 Å². The zero-order chi connectivity index (χ0) is 15.0. The monoisotopic (exact) mass is 289 g/mol. The van der Waals surface area contributed by atoms with E-state index in [-0.39, 0.29) is 22.7 Å². The van der Waals surface area contributed by atoms with Crippen LogP contribution in [0.5, 0.6) is 0 Å². The van der Waals surface area contributed by atoms with Gasteiger partial charge >= 0.3 is 0 Å². The first kappa shape index (κ1) is 14.0. The molecule has 2 fully saturated rings. The third-order valence-corrected chi connectivity index (χ3v) is 4.50. The molecule has 112 valence electrons. The van der Waals surface area contributed by atoms with Gasteiger partial charge in [-0.2, -0.15) is 0 Å². The molecule has 1 aliphatic carbocycles. The van der Waals surface area contributed by atoms with Crippen LogP contribution in [-0.4, -0.2) is 28.8 Å². The Balaban J connectivity index is 1.85. The fourth-order valence-corrected chi connectivity index (χ4v) is 2.99. The van der Waals surface area contributed by atoms with Crippen LogP contribution in [0.1, 0.15) is 36.6 Å². The minimum absolute atomic E-state index is 0.0788. The van der Waals surface area contributed by atoms with Crippen LogP contribution in [-0.2, 0) is 4.79 Å². The van der Waals surface area contributed by atoms with Gasteiger partial charge in [0.25, 0.3) is 5.69 Å². The van der Waals surface area contributed by atoms with Crippen molar-refractivity contribution in [3.05, 3.63) is 39.4 Å². The van der Waals surface area contributed by atoms with Crippen molar-refractivity contribution in [2.45, 2.75) is 32.4 Å². The van der Waals surface area contributed by atoms with Gasteiger partial charge in [-0.15, -0.1) is 0 Å². The predicted molar refractivity (Wildman–Crippen MR) is 77.6 cm³/mol. The van der Waals surface area contributed by atoms with Gasteiger partial charge in [-0.05, 0) is 31.2 Å².